The zero-order chi connectivity index (χ0) is 6.85. The van der Waals surface area contributed by atoms with E-state index in [1.165, 1.54) is 0 Å². The Balaban J connectivity index is 2.70. The van der Waals surface area contributed by atoms with Crippen LogP contribution in [0.25, 0.3) is 0 Å². The van der Waals surface area contributed by atoms with Crippen molar-refractivity contribution in [3.63, 3.8) is 0 Å². The van der Waals surface area contributed by atoms with Crippen LogP contribution in [0.3, 0.4) is 0 Å². The number of hydrogen-bond donors (Lipinski definition) is 2. The predicted octanol–water partition coefficient (Wildman–Crippen LogP) is -0.707. The highest BCUT2D eigenvalue weighted by Gasteiger charge is 2.29. The fraction of sp³-hybridized carbons (Fsp3) is 0.333. The van der Waals surface area contributed by atoms with Gasteiger partial charge in [-0.1, -0.05) is 0 Å². The maximum Gasteiger partial charge on any atom is 0.364 e. The Morgan fingerprint density at radius 2 is 2.44 bits per heavy atom. The number of rotatable bonds is 1. The Hall–Kier alpha value is -1.46. The summed E-state index contributed by atoms with van der Waals surface area (Å²) in [6.45, 7) is 0. The van der Waals surface area contributed by atoms with Gasteiger partial charge < -0.3 is 10.3 Å². The fourth-order valence-corrected chi connectivity index (χ4v) is 0.408. The van der Waals surface area contributed by atoms with Crippen molar-refractivity contribution < 1.29 is 20.0 Å². The molecule has 0 aliphatic carbocycles. The van der Waals surface area contributed by atoms with Gasteiger partial charge in [-0.15, -0.1) is 0 Å². The first-order valence-corrected chi connectivity index (χ1v) is 2.17. The van der Waals surface area contributed by atoms with Crippen LogP contribution in [0.1, 0.15) is 0 Å². The van der Waals surface area contributed by atoms with Crippen molar-refractivity contribution in [1.29, 1.82) is 0 Å². The van der Waals surface area contributed by atoms with Gasteiger partial charge in [-0.05, 0) is 0 Å². The monoisotopic (exact) mass is 130 g/mol. The van der Waals surface area contributed by atoms with E-state index in [-0.39, 0.29) is 0 Å². The molecule has 0 fully saturated rings. The molecule has 0 aromatic carbocycles. The molecule has 1 atom stereocenters. The first-order valence-electron chi connectivity index (χ1n) is 2.17. The Morgan fingerprint density at radius 1 is 1.78 bits per heavy atom. The van der Waals surface area contributed by atoms with Gasteiger partial charge in [0.2, 0.25) is 6.21 Å². The number of nitrogens with zero attached hydrogens (tertiary/aromatic N) is 3. The molecule has 1 heterocycles. The smallest absolute Gasteiger partial charge is 0.364 e. The number of carboxylic acid groups (broad SMARTS) is 1. The molecule has 0 aromatic heterocycles. The third kappa shape index (κ3) is 1.01. The van der Waals surface area contributed by atoms with Gasteiger partial charge in [0.05, 0.1) is 5.11 Å². The molecule has 0 radical (unpaired) electrons. The van der Waals surface area contributed by atoms with Crippen LogP contribution < -0.4 is 0 Å². The molecule has 2 N–H and O–H groups in total. The first-order chi connectivity index (χ1) is 4.20. The van der Waals surface area contributed by atoms with Crippen LogP contribution in [0.5, 0.6) is 0 Å². The number of carbonyl (C=O) groups is 1. The Morgan fingerprint density at radius 3 is 2.67 bits per heavy atom. The number of aliphatic carboxylic acids is 1. The van der Waals surface area contributed by atoms with E-state index in [0.717, 1.165) is 6.21 Å². The van der Waals surface area contributed by atoms with Crippen molar-refractivity contribution in [1.82, 2.24) is 0 Å². The van der Waals surface area contributed by atoms with Gasteiger partial charge in [-0.2, -0.15) is 0 Å². The van der Waals surface area contributed by atoms with E-state index >= 15 is 0 Å². The van der Waals surface area contributed by atoms with E-state index in [1.54, 1.807) is 0 Å². The zero-order valence-electron chi connectivity index (χ0n) is 4.30. The van der Waals surface area contributed by atoms with Crippen LogP contribution in [0.4, 0.5) is 0 Å². The van der Waals surface area contributed by atoms with Crippen LogP contribution in [0, 0.1) is 0 Å². The average Bonchev–Trinajstić information content (AvgIpc) is 2.14. The molecule has 0 bridgehead atoms. The molecule has 0 aromatic rings. The van der Waals surface area contributed by atoms with Crippen molar-refractivity contribution in [3.05, 3.63) is 0 Å². The van der Waals surface area contributed by atoms with Gasteiger partial charge in [0.25, 0.3) is 0 Å². The summed E-state index contributed by atoms with van der Waals surface area (Å²) in [4.78, 5) is 10.4. The van der Waals surface area contributed by atoms with Gasteiger partial charge in [0.15, 0.2) is 5.22 Å². The maximum atomic E-state index is 10.0. The molecular weight excluding hydrogens is 126 g/mol. The zero-order valence-corrected chi connectivity index (χ0v) is 4.30. The SMILES string of the molecule is O=C(O)C1C=[N+](O)N=N1. The third-order valence-electron chi connectivity index (χ3n) is 0.795. The largest absolute Gasteiger partial charge is 0.478 e. The minimum absolute atomic E-state index is 0.374. The van der Waals surface area contributed by atoms with Crippen LogP contribution >= 0.6 is 0 Å². The molecule has 6 nitrogen and oxygen atoms in total. The molecule has 1 rings (SSSR count). The fourth-order valence-electron chi connectivity index (χ4n) is 0.408. The lowest BCUT2D eigenvalue weighted by Gasteiger charge is -1.79. The van der Waals surface area contributed by atoms with E-state index in [0.29, 0.717) is 4.85 Å². The van der Waals surface area contributed by atoms with Crippen LogP contribution in [0.15, 0.2) is 10.3 Å². The molecule has 0 spiro atoms. The minimum atomic E-state index is -1.13. The molecule has 1 aliphatic heterocycles. The van der Waals surface area contributed by atoms with Crippen molar-refractivity contribution in [2.45, 2.75) is 6.04 Å². The lowest BCUT2D eigenvalue weighted by atomic mass is 10.4. The third-order valence-corrected chi connectivity index (χ3v) is 0.795. The second-order valence-corrected chi connectivity index (χ2v) is 1.46. The normalized spacial score (nSPS) is 24.0. The van der Waals surface area contributed by atoms with Crippen molar-refractivity contribution in [3.8, 4) is 0 Å². The lowest BCUT2D eigenvalue weighted by Crippen LogP contribution is -2.18. The molecule has 0 saturated carbocycles. The van der Waals surface area contributed by atoms with E-state index in [1.807, 2.05) is 0 Å². The highest BCUT2D eigenvalue weighted by molar-refractivity contribution is 5.91. The predicted molar refractivity (Wildman–Crippen MR) is 24.4 cm³/mol. The van der Waals surface area contributed by atoms with Crippen LogP contribution in [-0.4, -0.2) is 33.4 Å². The quantitative estimate of drug-likeness (QED) is 0.363. The summed E-state index contributed by atoms with van der Waals surface area (Å²) in [6.07, 6.45) is 0.975. The summed E-state index contributed by atoms with van der Waals surface area (Å²) in [5.74, 6) is -1.13. The summed E-state index contributed by atoms with van der Waals surface area (Å²) in [5, 5.41) is 22.8. The standard InChI is InChI=1S/C3H3N3O3/c7-3(8)2-1-6(9)5-4-2/h1-2H,(H-,7,8,9)/p+1. The van der Waals surface area contributed by atoms with Gasteiger partial charge >= 0.3 is 12.0 Å². The molecule has 1 unspecified atom stereocenters. The number of hydrogen-bond acceptors (Lipinski definition) is 4. The minimum Gasteiger partial charge on any atom is -0.478 e. The summed E-state index contributed by atoms with van der Waals surface area (Å²) in [6, 6.07) is -1.03. The summed E-state index contributed by atoms with van der Waals surface area (Å²) < 4.78 is 0. The topological polar surface area (TPSA) is 85.3 Å². The van der Waals surface area contributed by atoms with Gasteiger partial charge in [0.1, 0.15) is 0 Å². The van der Waals surface area contributed by atoms with E-state index in [2.05, 4.69) is 10.3 Å². The van der Waals surface area contributed by atoms with Gasteiger partial charge in [0, 0.05) is 4.85 Å². The molecule has 48 valence electrons. The second-order valence-electron chi connectivity index (χ2n) is 1.46. The molecule has 6 heteroatoms. The Labute approximate surface area is 49.7 Å². The first kappa shape index (κ1) is 5.67. The Bertz CT molecular complexity index is 196. The Kier molecular flexibility index (Phi) is 1.14. The van der Waals surface area contributed by atoms with E-state index in [9.17, 15) is 4.79 Å². The van der Waals surface area contributed by atoms with Crippen molar-refractivity contribution >= 4 is 12.2 Å². The number of carboxylic acids is 1. The van der Waals surface area contributed by atoms with Crippen molar-refractivity contribution in [2.24, 2.45) is 10.3 Å². The summed E-state index contributed by atoms with van der Waals surface area (Å²) in [7, 11) is 0. The average molecular weight is 130 g/mol. The maximum absolute atomic E-state index is 10.0. The molecule has 0 amide bonds. The highest BCUT2D eigenvalue weighted by Crippen LogP contribution is 1.95. The molecular formula is C3H4N3O3+. The van der Waals surface area contributed by atoms with E-state index < -0.39 is 12.0 Å². The lowest BCUT2D eigenvalue weighted by molar-refractivity contribution is -0.778. The van der Waals surface area contributed by atoms with Crippen molar-refractivity contribution in [2.75, 3.05) is 0 Å². The van der Waals surface area contributed by atoms with Gasteiger partial charge in [-0.3, -0.25) is 0 Å². The second kappa shape index (κ2) is 1.81. The molecule has 0 saturated heterocycles. The summed E-state index contributed by atoms with van der Waals surface area (Å²) >= 11 is 0. The molecule has 9 heavy (non-hydrogen) atoms. The highest BCUT2D eigenvalue weighted by atomic mass is 16.5. The van der Waals surface area contributed by atoms with Crippen LogP contribution in [0.2, 0.25) is 0 Å². The van der Waals surface area contributed by atoms with Gasteiger partial charge in [-0.25, -0.2) is 4.79 Å². The van der Waals surface area contributed by atoms with E-state index in [4.69, 9.17) is 10.3 Å². The molecule has 1 aliphatic rings. The van der Waals surface area contributed by atoms with Crippen LogP contribution in [-0.2, 0) is 4.79 Å². The summed E-state index contributed by atoms with van der Waals surface area (Å²) in [5.41, 5.74) is 0.